The summed E-state index contributed by atoms with van der Waals surface area (Å²) in [5, 5.41) is 6.40. The average molecular weight is 570 g/mol. The molecule has 0 spiro atoms. The fourth-order valence-corrected chi connectivity index (χ4v) is 5.05. The van der Waals surface area contributed by atoms with Crippen LogP contribution in [0.1, 0.15) is 26.2 Å². The molecule has 7 nitrogen and oxygen atoms in total. The summed E-state index contributed by atoms with van der Waals surface area (Å²) in [7, 11) is 1.67. The van der Waals surface area contributed by atoms with Gasteiger partial charge in [-0.05, 0) is 43.2 Å². The molecule has 3 aliphatic rings. The molecule has 2 bridgehead atoms. The fraction of sp³-hybridized carbons (Fsp3) is 0.542. The largest absolute Gasteiger partial charge is 0.486 e. The Labute approximate surface area is 211 Å². The van der Waals surface area contributed by atoms with E-state index >= 15 is 0 Å². The van der Waals surface area contributed by atoms with Gasteiger partial charge in [0.25, 0.3) is 0 Å². The van der Waals surface area contributed by atoms with E-state index in [0.717, 1.165) is 6.42 Å². The number of aliphatic imine (C=N–C) groups is 1. The van der Waals surface area contributed by atoms with Crippen LogP contribution in [0.2, 0.25) is 0 Å². The molecular weight excluding hydrogens is 538 g/mol. The van der Waals surface area contributed by atoms with Gasteiger partial charge in [-0.25, -0.2) is 4.39 Å². The molecule has 33 heavy (non-hydrogen) atoms. The molecule has 1 aromatic rings. The van der Waals surface area contributed by atoms with Gasteiger partial charge in [0.15, 0.2) is 17.5 Å². The summed E-state index contributed by atoms with van der Waals surface area (Å²) >= 11 is 0. The number of halogens is 2. The monoisotopic (exact) mass is 570 g/mol. The first-order chi connectivity index (χ1) is 15.5. The highest BCUT2D eigenvalue weighted by Gasteiger charge is 2.58. The van der Waals surface area contributed by atoms with Gasteiger partial charge in [-0.15, -0.1) is 24.0 Å². The number of hydrogen-bond donors (Lipinski definition) is 2. The van der Waals surface area contributed by atoms with Crippen molar-refractivity contribution in [1.29, 1.82) is 0 Å². The van der Waals surface area contributed by atoms with Crippen molar-refractivity contribution >= 4 is 41.8 Å². The Bertz CT molecular complexity index is 895. The highest BCUT2D eigenvalue weighted by Crippen LogP contribution is 2.52. The lowest BCUT2D eigenvalue weighted by Crippen LogP contribution is -2.43. The predicted molar refractivity (Wildman–Crippen MR) is 135 cm³/mol. The number of nitrogens with zero attached hydrogens (tertiary/aromatic N) is 2. The second kappa shape index (κ2) is 11.3. The third-order valence-corrected chi connectivity index (χ3v) is 6.72. The van der Waals surface area contributed by atoms with Crippen LogP contribution < -0.4 is 15.4 Å². The van der Waals surface area contributed by atoms with Crippen LogP contribution in [-0.2, 0) is 9.59 Å². The molecule has 2 N–H and O–H groups in total. The van der Waals surface area contributed by atoms with Crippen LogP contribution in [0.3, 0.4) is 0 Å². The SMILES string of the molecule is CCC(CNC(=NC)NCCCN1C(=O)C2C3C=CC(C3)C2C1=O)Oc1ccccc1F.I. The molecule has 5 unspecified atom stereocenters. The number of amides is 2. The minimum Gasteiger partial charge on any atom is -0.486 e. The van der Waals surface area contributed by atoms with Crippen LogP contribution in [0, 0.1) is 29.5 Å². The van der Waals surface area contributed by atoms with Crippen LogP contribution in [-0.4, -0.2) is 55.5 Å². The highest BCUT2D eigenvalue weighted by atomic mass is 127. The summed E-state index contributed by atoms with van der Waals surface area (Å²) in [5.41, 5.74) is 0. The minimum atomic E-state index is -0.382. The normalized spacial score (nSPS) is 26.3. The van der Waals surface area contributed by atoms with Crippen molar-refractivity contribution in [1.82, 2.24) is 15.5 Å². The van der Waals surface area contributed by atoms with Crippen molar-refractivity contribution in [2.75, 3.05) is 26.7 Å². The third-order valence-electron chi connectivity index (χ3n) is 6.72. The van der Waals surface area contributed by atoms with Gasteiger partial charge in [0.1, 0.15) is 6.10 Å². The van der Waals surface area contributed by atoms with Crippen molar-refractivity contribution in [3.05, 3.63) is 42.2 Å². The maximum atomic E-state index is 13.8. The molecule has 2 amide bonds. The number of benzene rings is 1. The van der Waals surface area contributed by atoms with Crippen LogP contribution in [0.5, 0.6) is 5.75 Å². The number of imide groups is 1. The molecule has 0 radical (unpaired) electrons. The Hall–Kier alpha value is -2.17. The van der Waals surface area contributed by atoms with E-state index in [4.69, 9.17) is 4.74 Å². The van der Waals surface area contributed by atoms with Gasteiger partial charge in [0, 0.05) is 20.1 Å². The van der Waals surface area contributed by atoms with Gasteiger partial charge in [-0.1, -0.05) is 31.2 Å². The topological polar surface area (TPSA) is 83.0 Å². The molecule has 9 heteroatoms. The molecule has 2 fully saturated rings. The smallest absolute Gasteiger partial charge is 0.233 e. The zero-order chi connectivity index (χ0) is 22.7. The summed E-state index contributed by atoms with van der Waals surface area (Å²) in [6, 6.07) is 6.36. The number of carbonyl (C=O) groups is 2. The number of guanidine groups is 1. The van der Waals surface area contributed by atoms with Crippen LogP contribution in [0.4, 0.5) is 4.39 Å². The zero-order valence-electron chi connectivity index (χ0n) is 19.0. The Morgan fingerprint density at radius 2 is 1.85 bits per heavy atom. The molecule has 1 heterocycles. The molecule has 1 saturated heterocycles. The Morgan fingerprint density at radius 1 is 1.18 bits per heavy atom. The summed E-state index contributed by atoms with van der Waals surface area (Å²) in [4.78, 5) is 31.1. The third kappa shape index (κ3) is 5.33. The molecule has 1 aromatic carbocycles. The van der Waals surface area contributed by atoms with E-state index in [1.54, 1.807) is 25.2 Å². The molecule has 2 aliphatic carbocycles. The van der Waals surface area contributed by atoms with Crippen molar-refractivity contribution in [3.63, 3.8) is 0 Å². The minimum absolute atomic E-state index is 0. The number of likely N-dealkylation sites (tertiary alicyclic amines) is 1. The van der Waals surface area contributed by atoms with Crippen molar-refractivity contribution < 1.29 is 18.7 Å². The van der Waals surface area contributed by atoms with Crippen LogP contribution >= 0.6 is 24.0 Å². The lowest BCUT2D eigenvalue weighted by molar-refractivity contribution is -0.140. The molecule has 5 atom stereocenters. The Kier molecular flexibility index (Phi) is 8.72. The number of allylic oxidation sites excluding steroid dienone is 2. The van der Waals surface area contributed by atoms with E-state index in [1.807, 2.05) is 6.92 Å². The predicted octanol–water partition coefficient (Wildman–Crippen LogP) is 2.96. The zero-order valence-corrected chi connectivity index (χ0v) is 21.3. The van der Waals surface area contributed by atoms with Gasteiger partial charge in [-0.3, -0.25) is 19.5 Å². The van der Waals surface area contributed by atoms with E-state index < -0.39 is 0 Å². The van der Waals surface area contributed by atoms with Crippen molar-refractivity contribution in [2.45, 2.75) is 32.3 Å². The fourth-order valence-electron chi connectivity index (χ4n) is 5.05. The first kappa shape index (κ1) is 25.5. The van der Waals surface area contributed by atoms with Gasteiger partial charge in [0.2, 0.25) is 11.8 Å². The second-order valence-electron chi connectivity index (χ2n) is 8.64. The molecule has 1 saturated carbocycles. The first-order valence-electron chi connectivity index (χ1n) is 11.4. The average Bonchev–Trinajstić information content (AvgIpc) is 3.48. The van der Waals surface area contributed by atoms with Crippen molar-refractivity contribution in [3.8, 4) is 5.75 Å². The number of para-hydroxylation sites is 1. The standard InChI is InChI=1S/C24H31FN4O3.HI/c1-3-17(32-19-8-5-4-7-18(19)25)14-28-24(26-2)27-11-6-12-29-22(30)20-15-9-10-16(13-15)21(20)23(29)31;/h4-5,7-10,15-17,20-21H,3,6,11-14H2,1-2H3,(H2,26,27,28);1H. The van der Waals surface area contributed by atoms with E-state index in [-0.39, 0.29) is 77.1 Å². The summed E-state index contributed by atoms with van der Waals surface area (Å²) in [6.45, 7) is 3.43. The summed E-state index contributed by atoms with van der Waals surface area (Å²) in [6.07, 6.45) is 6.30. The molecular formula is C24H32FIN4O3. The van der Waals surface area contributed by atoms with Gasteiger partial charge < -0.3 is 15.4 Å². The van der Waals surface area contributed by atoms with Gasteiger partial charge in [-0.2, -0.15) is 0 Å². The summed E-state index contributed by atoms with van der Waals surface area (Å²) in [5.74, 6) is 0.645. The van der Waals surface area contributed by atoms with Gasteiger partial charge in [0.05, 0.1) is 18.4 Å². The van der Waals surface area contributed by atoms with Crippen molar-refractivity contribution in [2.24, 2.45) is 28.7 Å². The van der Waals surface area contributed by atoms with Crippen LogP contribution in [0.15, 0.2) is 41.4 Å². The quantitative estimate of drug-likeness (QED) is 0.119. The lowest BCUT2D eigenvalue weighted by Gasteiger charge is -2.21. The number of fused-ring (bicyclic) bond motifs is 5. The Morgan fingerprint density at radius 3 is 2.45 bits per heavy atom. The highest BCUT2D eigenvalue weighted by molar-refractivity contribution is 14.0. The molecule has 180 valence electrons. The lowest BCUT2D eigenvalue weighted by atomic mass is 9.85. The Balaban J connectivity index is 0.00000306. The number of rotatable bonds is 9. The number of hydrogen-bond acceptors (Lipinski definition) is 4. The van der Waals surface area contributed by atoms with Crippen LogP contribution in [0.25, 0.3) is 0 Å². The number of carbonyl (C=O) groups excluding carboxylic acids is 2. The molecule has 1 aliphatic heterocycles. The van der Waals surface area contributed by atoms with Gasteiger partial charge >= 0.3 is 0 Å². The second-order valence-corrected chi connectivity index (χ2v) is 8.64. The van der Waals surface area contributed by atoms with E-state index in [1.165, 1.54) is 11.0 Å². The number of ether oxygens (including phenoxy) is 1. The van der Waals surface area contributed by atoms with E-state index in [2.05, 4.69) is 27.8 Å². The van der Waals surface area contributed by atoms with E-state index in [9.17, 15) is 14.0 Å². The maximum absolute atomic E-state index is 13.8. The maximum Gasteiger partial charge on any atom is 0.233 e. The number of nitrogens with one attached hydrogen (secondary N) is 2. The molecule has 0 aromatic heterocycles. The van der Waals surface area contributed by atoms with E-state index in [0.29, 0.717) is 38.4 Å². The first-order valence-corrected chi connectivity index (χ1v) is 11.4. The summed E-state index contributed by atoms with van der Waals surface area (Å²) < 4.78 is 19.6. The molecule has 4 rings (SSSR count).